The Balaban J connectivity index is 1.77. The normalized spacial score (nSPS) is 21.0. The number of fused-ring (bicyclic) bond motifs is 1. The van der Waals surface area contributed by atoms with Gasteiger partial charge in [-0.05, 0) is 44.0 Å². The highest BCUT2D eigenvalue weighted by Crippen LogP contribution is 2.28. The molecule has 1 saturated heterocycles. The summed E-state index contributed by atoms with van der Waals surface area (Å²) in [6.07, 6.45) is 1.10. The number of nitrogens with zero attached hydrogens (tertiary/aromatic N) is 1. The first-order valence-electron chi connectivity index (χ1n) is 8.70. The van der Waals surface area contributed by atoms with Gasteiger partial charge in [-0.15, -0.1) is 0 Å². The third-order valence-electron chi connectivity index (χ3n) is 4.76. The fraction of sp³-hybridized carbons (Fsp3) is 0.444. The van der Waals surface area contributed by atoms with Crippen molar-refractivity contribution in [1.82, 2.24) is 15.5 Å². The molecule has 2 aliphatic rings. The molecule has 2 aliphatic heterocycles. The van der Waals surface area contributed by atoms with Crippen LogP contribution in [0.5, 0.6) is 0 Å². The van der Waals surface area contributed by atoms with Gasteiger partial charge >= 0.3 is 0 Å². The van der Waals surface area contributed by atoms with E-state index in [1.807, 2.05) is 6.92 Å². The third-order valence-corrected chi connectivity index (χ3v) is 4.76. The van der Waals surface area contributed by atoms with E-state index in [-0.39, 0.29) is 24.8 Å². The number of hydrogen-bond acceptors (Lipinski definition) is 6. The van der Waals surface area contributed by atoms with Gasteiger partial charge in [0.05, 0.1) is 11.1 Å². The van der Waals surface area contributed by atoms with E-state index in [0.717, 1.165) is 16.9 Å². The van der Waals surface area contributed by atoms with E-state index in [9.17, 15) is 19.2 Å². The fourth-order valence-electron chi connectivity index (χ4n) is 3.27. The van der Waals surface area contributed by atoms with Crippen LogP contribution in [-0.2, 0) is 16.1 Å². The van der Waals surface area contributed by atoms with E-state index in [1.165, 1.54) is 0 Å². The second-order valence-corrected chi connectivity index (χ2v) is 6.69. The first kappa shape index (κ1) is 18.2. The summed E-state index contributed by atoms with van der Waals surface area (Å²) in [6.45, 7) is 3.17. The van der Waals surface area contributed by atoms with Gasteiger partial charge in [-0.1, -0.05) is 6.07 Å². The molecule has 4 amide bonds. The van der Waals surface area contributed by atoms with E-state index in [4.69, 9.17) is 5.73 Å². The van der Waals surface area contributed by atoms with Crippen LogP contribution in [0.15, 0.2) is 18.2 Å². The second-order valence-electron chi connectivity index (χ2n) is 6.69. The first-order valence-corrected chi connectivity index (χ1v) is 8.70. The van der Waals surface area contributed by atoms with Gasteiger partial charge in [-0.25, -0.2) is 0 Å². The summed E-state index contributed by atoms with van der Waals surface area (Å²) in [4.78, 5) is 49.6. The summed E-state index contributed by atoms with van der Waals surface area (Å²) in [5, 5.41) is 5.50. The van der Waals surface area contributed by atoms with Crippen LogP contribution in [0.4, 0.5) is 0 Å². The monoisotopic (exact) mass is 358 g/mol. The van der Waals surface area contributed by atoms with Crippen molar-refractivity contribution in [3.8, 4) is 0 Å². The predicted octanol–water partition coefficient (Wildman–Crippen LogP) is -0.0853. The minimum atomic E-state index is -0.939. The first-order chi connectivity index (χ1) is 12.4. The summed E-state index contributed by atoms with van der Waals surface area (Å²) in [5.74, 6) is -1.97. The number of nitrogens with one attached hydrogen (secondary N) is 2. The Labute approximate surface area is 151 Å². The molecule has 0 saturated carbocycles. The molecule has 8 heteroatoms. The summed E-state index contributed by atoms with van der Waals surface area (Å²) in [6, 6.07) is 4.40. The Bertz CT molecular complexity index is 776. The van der Waals surface area contributed by atoms with E-state index >= 15 is 0 Å². The van der Waals surface area contributed by atoms with Crippen LogP contribution in [0.1, 0.15) is 52.5 Å². The minimum Gasteiger partial charge on any atom is -0.330 e. The van der Waals surface area contributed by atoms with Crippen LogP contribution < -0.4 is 16.4 Å². The largest absolute Gasteiger partial charge is 0.330 e. The number of amides is 4. The Morgan fingerprint density at radius 3 is 2.65 bits per heavy atom. The van der Waals surface area contributed by atoms with Crippen molar-refractivity contribution in [2.75, 3.05) is 6.54 Å². The molecular formula is C18H22N4O4. The van der Waals surface area contributed by atoms with Crippen molar-refractivity contribution in [3.63, 3.8) is 0 Å². The Morgan fingerprint density at radius 1 is 1.23 bits per heavy atom. The van der Waals surface area contributed by atoms with Crippen LogP contribution in [-0.4, -0.2) is 47.2 Å². The van der Waals surface area contributed by atoms with Gasteiger partial charge in [-0.2, -0.15) is 0 Å². The molecule has 0 aliphatic carbocycles. The average Bonchev–Trinajstić information content (AvgIpc) is 2.85. The van der Waals surface area contributed by atoms with Gasteiger partial charge in [0.2, 0.25) is 11.8 Å². The standard InChI is InChI=1S/C18H22N4O4/c1-10(6-7-19)20-9-11-2-3-12-13(8-11)18(26)22(17(12)25)14-4-5-15(23)21-16(14)24/h2-3,8,10,14,20H,4-7,9,19H2,1H3,(H,21,23,24). The third kappa shape index (κ3) is 3.38. The van der Waals surface area contributed by atoms with Gasteiger partial charge in [0.15, 0.2) is 0 Å². The fourth-order valence-corrected chi connectivity index (χ4v) is 3.27. The Morgan fingerprint density at radius 2 is 1.96 bits per heavy atom. The zero-order chi connectivity index (χ0) is 18.8. The maximum Gasteiger partial charge on any atom is 0.262 e. The Hall–Kier alpha value is -2.58. The van der Waals surface area contributed by atoms with Gasteiger partial charge < -0.3 is 11.1 Å². The van der Waals surface area contributed by atoms with Crippen molar-refractivity contribution >= 4 is 23.6 Å². The van der Waals surface area contributed by atoms with Gasteiger partial charge in [0.25, 0.3) is 11.8 Å². The number of benzene rings is 1. The Kier molecular flexibility index (Phi) is 5.15. The molecule has 0 bridgehead atoms. The molecule has 2 heterocycles. The molecule has 138 valence electrons. The molecule has 26 heavy (non-hydrogen) atoms. The van der Waals surface area contributed by atoms with Crippen LogP contribution in [0, 0.1) is 0 Å². The molecule has 2 atom stereocenters. The molecule has 2 unspecified atom stereocenters. The molecular weight excluding hydrogens is 336 g/mol. The second kappa shape index (κ2) is 7.35. The van der Waals surface area contributed by atoms with Crippen molar-refractivity contribution in [2.24, 2.45) is 5.73 Å². The lowest BCUT2D eigenvalue weighted by Crippen LogP contribution is -2.54. The summed E-state index contributed by atoms with van der Waals surface area (Å²) >= 11 is 0. The zero-order valence-corrected chi connectivity index (χ0v) is 14.6. The van der Waals surface area contributed by atoms with Crippen molar-refractivity contribution in [3.05, 3.63) is 34.9 Å². The van der Waals surface area contributed by atoms with Gasteiger partial charge in [-0.3, -0.25) is 29.4 Å². The number of carbonyl (C=O) groups excluding carboxylic acids is 4. The number of carbonyl (C=O) groups is 4. The lowest BCUT2D eigenvalue weighted by atomic mass is 10.0. The molecule has 1 aromatic rings. The van der Waals surface area contributed by atoms with Gasteiger partial charge in [0, 0.05) is 19.0 Å². The number of imide groups is 2. The lowest BCUT2D eigenvalue weighted by Gasteiger charge is -2.27. The van der Waals surface area contributed by atoms with Gasteiger partial charge in [0.1, 0.15) is 6.04 Å². The number of rotatable bonds is 6. The van der Waals surface area contributed by atoms with Crippen LogP contribution in [0.2, 0.25) is 0 Å². The number of nitrogens with two attached hydrogens (primary N) is 1. The van der Waals surface area contributed by atoms with Crippen molar-refractivity contribution in [2.45, 2.75) is 44.8 Å². The highest BCUT2D eigenvalue weighted by Gasteiger charge is 2.44. The predicted molar refractivity (Wildman–Crippen MR) is 93.1 cm³/mol. The van der Waals surface area contributed by atoms with E-state index in [0.29, 0.717) is 24.2 Å². The number of hydrogen-bond donors (Lipinski definition) is 3. The van der Waals surface area contributed by atoms with E-state index < -0.39 is 23.8 Å². The summed E-state index contributed by atoms with van der Waals surface area (Å²) in [7, 11) is 0. The maximum atomic E-state index is 12.7. The highest BCUT2D eigenvalue weighted by atomic mass is 16.2. The van der Waals surface area contributed by atoms with E-state index in [2.05, 4.69) is 10.6 Å². The van der Waals surface area contributed by atoms with E-state index in [1.54, 1.807) is 18.2 Å². The molecule has 8 nitrogen and oxygen atoms in total. The molecule has 4 N–H and O–H groups in total. The van der Waals surface area contributed by atoms with Crippen molar-refractivity contribution in [1.29, 1.82) is 0 Å². The lowest BCUT2D eigenvalue weighted by molar-refractivity contribution is -0.136. The smallest absolute Gasteiger partial charge is 0.262 e. The van der Waals surface area contributed by atoms with Crippen LogP contribution in [0.3, 0.4) is 0 Å². The molecule has 1 aromatic carbocycles. The molecule has 0 spiro atoms. The SMILES string of the molecule is CC(CCN)NCc1ccc2c(c1)C(=O)N(C1CCC(=O)NC1=O)C2=O. The van der Waals surface area contributed by atoms with Crippen LogP contribution in [0.25, 0.3) is 0 Å². The summed E-state index contributed by atoms with van der Waals surface area (Å²) < 4.78 is 0. The molecule has 0 radical (unpaired) electrons. The quantitative estimate of drug-likeness (QED) is 0.611. The maximum absolute atomic E-state index is 12.7. The summed E-state index contributed by atoms with van der Waals surface area (Å²) in [5.41, 5.74) is 6.99. The van der Waals surface area contributed by atoms with Crippen LogP contribution >= 0.6 is 0 Å². The zero-order valence-electron chi connectivity index (χ0n) is 14.6. The van der Waals surface area contributed by atoms with Crippen molar-refractivity contribution < 1.29 is 19.2 Å². The molecule has 0 aromatic heterocycles. The molecule has 3 rings (SSSR count). The average molecular weight is 358 g/mol. The highest BCUT2D eigenvalue weighted by molar-refractivity contribution is 6.23. The number of piperidine rings is 1. The minimum absolute atomic E-state index is 0.109. The molecule has 1 fully saturated rings. The topological polar surface area (TPSA) is 122 Å².